The highest BCUT2D eigenvalue weighted by molar-refractivity contribution is 5.84. The van der Waals surface area contributed by atoms with E-state index in [1.165, 1.54) is 11.1 Å². The van der Waals surface area contributed by atoms with Gasteiger partial charge in [0.25, 0.3) is 0 Å². The molecule has 0 spiro atoms. The fourth-order valence-electron chi connectivity index (χ4n) is 3.49. The van der Waals surface area contributed by atoms with Crippen LogP contribution in [0.25, 0.3) is 0 Å². The first-order valence-corrected chi connectivity index (χ1v) is 7.26. The highest BCUT2D eigenvalue weighted by Gasteiger charge is 2.56. The number of aryl methyl sites for hydroxylation is 1. The summed E-state index contributed by atoms with van der Waals surface area (Å²) >= 11 is 0. The number of carbonyl (C=O) groups is 2. The van der Waals surface area contributed by atoms with Crippen LogP contribution < -0.4 is 5.32 Å². The molecule has 0 radical (unpaired) electrons. The maximum atomic E-state index is 12.2. The molecule has 0 bridgehead atoms. The lowest BCUT2D eigenvalue weighted by Crippen LogP contribution is -2.27. The SMILES string of the molecule is O=C(O)CCCNC(=O)C1C2CCc3ccccc3C21. The van der Waals surface area contributed by atoms with Crippen molar-refractivity contribution >= 4 is 11.9 Å². The van der Waals surface area contributed by atoms with E-state index >= 15 is 0 Å². The van der Waals surface area contributed by atoms with Crippen molar-refractivity contribution in [2.75, 3.05) is 6.54 Å². The average Bonchev–Trinajstić information content (AvgIpc) is 3.18. The molecule has 2 N–H and O–H groups in total. The number of carbonyl (C=O) groups excluding carboxylic acids is 1. The summed E-state index contributed by atoms with van der Waals surface area (Å²) in [4.78, 5) is 22.6. The van der Waals surface area contributed by atoms with Gasteiger partial charge < -0.3 is 10.4 Å². The highest BCUT2D eigenvalue weighted by Crippen LogP contribution is 2.59. The van der Waals surface area contributed by atoms with E-state index in [-0.39, 0.29) is 18.2 Å². The van der Waals surface area contributed by atoms with Gasteiger partial charge >= 0.3 is 5.97 Å². The van der Waals surface area contributed by atoms with Crippen molar-refractivity contribution in [2.24, 2.45) is 11.8 Å². The number of hydrogen-bond donors (Lipinski definition) is 2. The van der Waals surface area contributed by atoms with Gasteiger partial charge in [-0.05, 0) is 42.2 Å². The third-order valence-corrected chi connectivity index (χ3v) is 4.50. The van der Waals surface area contributed by atoms with Gasteiger partial charge in [0.15, 0.2) is 0 Å². The van der Waals surface area contributed by atoms with E-state index in [1.54, 1.807) is 0 Å². The van der Waals surface area contributed by atoms with Crippen LogP contribution in [0.15, 0.2) is 24.3 Å². The van der Waals surface area contributed by atoms with Gasteiger partial charge in [-0.1, -0.05) is 24.3 Å². The molecule has 0 saturated heterocycles. The number of hydrogen-bond acceptors (Lipinski definition) is 2. The van der Waals surface area contributed by atoms with Gasteiger partial charge in [-0.3, -0.25) is 9.59 Å². The number of carboxylic acid groups (broad SMARTS) is 1. The van der Waals surface area contributed by atoms with Gasteiger partial charge in [0, 0.05) is 18.9 Å². The largest absolute Gasteiger partial charge is 0.481 e. The zero-order valence-corrected chi connectivity index (χ0v) is 11.3. The zero-order chi connectivity index (χ0) is 14.1. The van der Waals surface area contributed by atoms with Gasteiger partial charge in [0.1, 0.15) is 0 Å². The van der Waals surface area contributed by atoms with E-state index in [2.05, 4.69) is 23.5 Å². The predicted octanol–water partition coefficient (Wildman–Crippen LogP) is 1.94. The monoisotopic (exact) mass is 273 g/mol. The van der Waals surface area contributed by atoms with Crippen molar-refractivity contribution in [3.63, 3.8) is 0 Å². The zero-order valence-electron chi connectivity index (χ0n) is 11.3. The molecular formula is C16H19NO3. The van der Waals surface area contributed by atoms with E-state index in [1.807, 2.05) is 6.07 Å². The Kier molecular flexibility index (Phi) is 3.47. The number of aliphatic carboxylic acids is 1. The van der Waals surface area contributed by atoms with Crippen molar-refractivity contribution < 1.29 is 14.7 Å². The molecule has 1 fully saturated rings. The van der Waals surface area contributed by atoms with Crippen LogP contribution in [-0.2, 0) is 16.0 Å². The van der Waals surface area contributed by atoms with E-state index in [0.29, 0.717) is 24.8 Å². The lowest BCUT2D eigenvalue weighted by Gasteiger charge is -2.13. The summed E-state index contributed by atoms with van der Waals surface area (Å²) in [6, 6.07) is 8.40. The summed E-state index contributed by atoms with van der Waals surface area (Å²) in [5, 5.41) is 11.5. The van der Waals surface area contributed by atoms with E-state index in [0.717, 1.165) is 12.8 Å². The molecule has 1 aromatic rings. The molecule has 3 unspecified atom stereocenters. The lowest BCUT2D eigenvalue weighted by atomic mass is 9.92. The second-order valence-electron chi connectivity index (χ2n) is 5.74. The van der Waals surface area contributed by atoms with E-state index in [4.69, 9.17) is 5.11 Å². The Morgan fingerprint density at radius 3 is 2.90 bits per heavy atom. The Bertz CT molecular complexity index is 540. The molecule has 106 valence electrons. The lowest BCUT2D eigenvalue weighted by molar-refractivity contribution is -0.137. The van der Waals surface area contributed by atoms with Crippen molar-refractivity contribution in [2.45, 2.75) is 31.6 Å². The number of fused-ring (bicyclic) bond motifs is 3. The molecule has 0 heterocycles. The number of carboxylic acids is 1. The summed E-state index contributed by atoms with van der Waals surface area (Å²) in [5.41, 5.74) is 2.73. The van der Waals surface area contributed by atoms with Crippen LogP contribution in [0, 0.1) is 11.8 Å². The Balaban J connectivity index is 1.56. The second kappa shape index (κ2) is 5.27. The number of nitrogens with one attached hydrogen (secondary N) is 1. The Labute approximate surface area is 118 Å². The molecule has 4 nitrogen and oxygen atoms in total. The van der Waals surface area contributed by atoms with Crippen molar-refractivity contribution in [3.8, 4) is 0 Å². The Morgan fingerprint density at radius 2 is 2.10 bits per heavy atom. The maximum absolute atomic E-state index is 12.2. The number of benzene rings is 1. The molecule has 4 heteroatoms. The standard InChI is InChI=1S/C16H19NO3/c18-13(19)6-3-9-17-16(20)15-12-8-7-10-4-1-2-5-11(10)14(12)15/h1-2,4-5,12,14-15H,3,6-9H2,(H,17,20)(H,18,19). The highest BCUT2D eigenvalue weighted by atomic mass is 16.4. The Hall–Kier alpha value is -1.84. The topological polar surface area (TPSA) is 66.4 Å². The fourth-order valence-corrected chi connectivity index (χ4v) is 3.49. The molecule has 1 saturated carbocycles. The van der Waals surface area contributed by atoms with E-state index in [9.17, 15) is 9.59 Å². The smallest absolute Gasteiger partial charge is 0.303 e. The van der Waals surface area contributed by atoms with Crippen LogP contribution in [0.2, 0.25) is 0 Å². The van der Waals surface area contributed by atoms with Crippen molar-refractivity contribution in [3.05, 3.63) is 35.4 Å². The summed E-state index contributed by atoms with van der Waals surface area (Å²) < 4.78 is 0. The van der Waals surface area contributed by atoms with E-state index < -0.39 is 5.97 Å². The number of rotatable bonds is 5. The molecule has 2 aliphatic carbocycles. The van der Waals surface area contributed by atoms with Crippen molar-refractivity contribution in [1.82, 2.24) is 5.32 Å². The average molecular weight is 273 g/mol. The quantitative estimate of drug-likeness (QED) is 0.806. The second-order valence-corrected chi connectivity index (χ2v) is 5.74. The molecule has 3 rings (SSSR count). The summed E-state index contributed by atoms with van der Waals surface area (Å²) in [6.45, 7) is 0.461. The summed E-state index contributed by atoms with van der Waals surface area (Å²) in [7, 11) is 0. The normalized spacial score (nSPS) is 26.3. The molecule has 20 heavy (non-hydrogen) atoms. The minimum Gasteiger partial charge on any atom is -0.481 e. The van der Waals surface area contributed by atoms with Crippen LogP contribution in [-0.4, -0.2) is 23.5 Å². The van der Waals surface area contributed by atoms with Gasteiger partial charge in [-0.25, -0.2) is 0 Å². The summed E-state index contributed by atoms with van der Waals surface area (Å²) in [6.07, 6.45) is 2.77. The van der Waals surface area contributed by atoms with Crippen LogP contribution in [0.5, 0.6) is 0 Å². The molecule has 3 atom stereocenters. The third-order valence-electron chi connectivity index (χ3n) is 4.50. The fraction of sp³-hybridized carbons (Fsp3) is 0.500. The van der Waals surface area contributed by atoms with Gasteiger partial charge in [0.05, 0.1) is 0 Å². The van der Waals surface area contributed by atoms with Crippen LogP contribution in [0.1, 0.15) is 36.3 Å². The van der Waals surface area contributed by atoms with Gasteiger partial charge in [-0.2, -0.15) is 0 Å². The van der Waals surface area contributed by atoms with Crippen LogP contribution in [0.3, 0.4) is 0 Å². The molecule has 1 amide bonds. The minimum absolute atomic E-state index is 0.0992. The third kappa shape index (κ3) is 2.42. The van der Waals surface area contributed by atoms with Crippen LogP contribution >= 0.6 is 0 Å². The maximum Gasteiger partial charge on any atom is 0.303 e. The Morgan fingerprint density at radius 1 is 1.30 bits per heavy atom. The first kappa shape index (κ1) is 13.2. The van der Waals surface area contributed by atoms with Gasteiger partial charge in [0.2, 0.25) is 5.91 Å². The molecule has 2 aliphatic rings. The molecule has 1 aromatic carbocycles. The molecule has 0 aliphatic heterocycles. The van der Waals surface area contributed by atoms with Gasteiger partial charge in [-0.15, -0.1) is 0 Å². The summed E-state index contributed by atoms with van der Waals surface area (Å²) in [5.74, 6) is 0.266. The molecular weight excluding hydrogens is 254 g/mol. The van der Waals surface area contributed by atoms with Crippen LogP contribution in [0.4, 0.5) is 0 Å². The first-order valence-electron chi connectivity index (χ1n) is 7.26. The first-order chi connectivity index (χ1) is 9.68. The molecule has 0 aromatic heterocycles. The minimum atomic E-state index is -0.812. The predicted molar refractivity (Wildman–Crippen MR) is 74.4 cm³/mol. The van der Waals surface area contributed by atoms with Crippen molar-refractivity contribution in [1.29, 1.82) is 0 Å². The number of amides is 1.